The predicted octanol–water partition coefficient (Wildman–Crippen LogP) is 1.11. The second-order valence-corrected chi connectivity index (χ2v) is 3.04. The van der Waals surface area contributed by atoms with Crippen LogP contribution >= 0.6 is 0 Å². The van der Waals surface area contributed by atoms with E-state index in [0.717, 1.165) is 17.7 Å². The summed E-state index contributed by atoms with van der Waals surface area (Å²) in [5, 5.41) is 0. The molecule has 0 saturated heterocycles. The maximum absolute atomic E-state index is 12.9. The second kappa shape index (κ2) is 3.32. The molecule has 70 valence electrons. The van der Waals surface area contributed by atoms with Gasteiger partial charge in [0.2, 0.25) is 0 Å². The summed E-state index contributed by atoms with van der Waals surface area (Å²) in [5.74, 6) is 5.80. The number of nitrogens with two attached hydrogens (primary N) is 1. The number of benzene rings is 1. The highest BCUT2D eigenvalue weighted by Crippen LogP contribution is 2.31. The molecule has 1 aromatic rings. The summed E-state index contributed by atoms with van der Waals surface area (Å²) < 4.78 is 18.2. The third-order valence-electron chi connectivity index (χ3n) is 2.21. The first kappa shape index (κ1) is 8.47. The number of fused-ring (bicyclic) bond motifs is 1. The van der Waals surface area contributed by atoms with Crippen molar-refractivity contribution in [2.75, 3.05) is 6.61 Å². The Morgan fingerprint density at radius 3 is 3.15 bits per heavy atom. The van der Waals surface area contributed by atoms with Gasteiger partial charge in [-0.3, -0.25) is 11.3 Å². The Hall–Kier alpha value is -1.13. The first-order valence-corrected chi connectivity index (χ1v) is 4.19. The molecule has 1 aliphatic heterocycles. The lowest BCUT2D eigenvalue weighted by molar-refractivity contribution is 0.253. The molecule has 0 radical (unpaired) electrons. The highest BCUT2D eigenvalue weighted by molar-refractivity contribution is 5.37. The van der Waals surface area contributed by atoms with Crippen molar-refractivity contribution in [3.63, 3.8) is 0 Å². The topological polar surface area (TPSA) is 47.3 Å². The zero-order valence-corrected chi connectivity index (χ0v) is 7.09. The van der Waals surface area contributed by atoms with Crippen molar-refractivity contribution in [1.29, 1.82) is 0 Å². The van der Waals surface area contributed by atoms with Gasteiger partial charge in [-0.2, -0.15) is 0 Å². The third kappa shape index (κ3) is 1.50. The Morgan fingerprint density at radius 1 is 1.54 bits per heavy atom. The summed E-state index contributed by atoms with van der Waals surface area (Å²) in [6.07, 6.45) is 0.771. The van der Waals surface area contributed by atoms with Gasteiger partial charge >= 0.3 is 0 Å². The molecule has 0 aliphatic carbocycles. The number of hydrazine groups is 1. The molecule has 1 atom stereocenters. The normalized spacial score (nSPS) is 20.6. The van der Waals surface area contributed by atoms with Gasteiger partial charge in [0, 0.05) is 12.0 Å². The van der Waals surface area contributed by atoms with Gasteiger partial charge in [0.1, 0.15) is 11.6 Å². The van der Waals surface area contributed by atoms with Crippen molar-refractivity contribution in [2.24, 2.45) is 5.84 Å². The fraction of sp³-hybridized carbons (Fsp3) is 0.333. The first-order valence-electron chi connectivity index (χ1n) is 4.19. The van der Waals surface area contributed by atoms with Crippen LogP contribution in [0.3, 0.4) is 0 Å². The molecule has 13 heavy (non-hydrogen) atoms. The highest BCUT2D eigenvalue weighted by atomic mass is 19.1. The number of hydrogen-bond acceptors (Lipinski definition) is 3. The van der Waals surface area contributed by atoms with Crippen LogP contribution in [0.15, 0.2) is 18.2 Å². The van der Waals surface area contributed by atoms with Gasteiger partial charge in [0.05, 0.1) is 12.6 Å². The molecule has 0 spiro atoms. The van der Waals surface area contributed by atoms with E-state index in [9.17, 15) is 4.39 Å². The Labute approximate surface area is 75.7 Å². The Morgan fingerprint density at radius 2 is 2.38 bits per heavy atom. The summed E-state index contributed by atoms with van der Waals surface area (Å²) in [4.78, 5) is 0. The first-order chi connectivity index (χ1) is 6.31. The van der Waals surface area contributed by atoms with Crippen molar-refractivity contribution in [3.8, 4) is 5.75 Å². The number of nitrogens with one attached hydrogen (secondary N) is 1. The van der Waals surface area contributed by atoms with Crippen LogP contribution in [0.25, 0.3) is 0 Å². The van der Waals surface area contributed by atoms with Gasteiger partial charge in [-0.1, -0.05) is 0 Å². The number of rotatable bonds is 1. The van der Waals surface area contributed by atoms with Crippen LogP contribution in [0.5, 0.6) is 5.75 Å². The van der Waals surface area contributed by atoms with Crippen molar-refractivity contribution < 1.29 is 9.13 Å². The van der Waals surface area contributed by atoms with Crippen LogP contribution in [-0.4, -0.2) is 6.61 Å². The molecule has 1 aromatic carbocycles. The van der Waals surface area contributed by atoms with Gasteiger partial charge in [0.15, 0.2) is 0 Å². The molecule has 0 fully saturated rings. The number of ether oxygens (including phenoxy) is 1. The zero-order valence-electron chi connectivity index (χ0n) is 7.09. The maximum atomic E-state index is 12.9. The monoisotopic (exact) mass is 182 g/mol. The van der Waals surface area contributed by atoms with Crippen LogP contribution in [0.2, 0.25) is 0 Å². The molecule has 1 aliphatic rings. The van der Waals surface area contributed by atoms with Gasteiger partial charge in [-0.15, -0.1) is 0 Å². The molecule has 0 aromatic heterocycles. The lowest BCUT2D eigenvalue weighted by Crippen LogP contribution is -2.32. The van der Waals surface area contributed by atoms with Gasteiger partial charge in [-0.05, 0) is 18.2 Å². The van der Waals surface area contributed by atoms with E-state index in [0.29, 0.717) is 6.61 Å². The Balaban J connectivity index is 2.41. The zero-order chi connectivity index (χ0) is 9.26. The fourth-order valence-electron chi connectivity index (χ4n) is 1.54. The van der Waals surface area contributed by atoms with Crippen molar-refractivity contribution in [3.05, 3.63) is 29.6 Å². The van der Waals surface area contributed by atoms with E-state index in [1.54, 1.807) is 6.07 Å². The molecule has 2 rings (SSSR count). The maximum Gasteiger partial charge on any atom is 0.124 e. The van der Waals surface area contributed by atoms with Crippen molar-refractivity contribution in [1.82, 2.24) is 5.43 Å². The molecule has 3 N–H and O–H groups in total. The minimum atomic E-state index is -0.260. The minimum absolute atomic E-state index is 0.000509. The smallest absolute Gasteiger partial charge is 0.124 e. The second-order valence-electron chi connectivity index (χ2n) is 3.04. The van der Waals surface area contributed by atoms with Crippen LogP contribution < -0.4 is 16.0 Å². The standard InChI is InChI=1S/C9H11FN2O/c10-6-1-2-9-7(5-6)8(12-11)3-4-13-9/h1-2,5,8,12H,3-4,11H2/t8-/m1/s1. The van der Waals surface area contributed by atoms with Crippen molar-refractivity contribution in [2.45, 2.75) is 12.5 Å². The largest absolute Gasteiger partial charge is 0.493 e. The molecule has 3 nitrogen and oxygen atoms in total. The van der Waals surface area contributed by atoms with Crippen molar-refractivity contribution >= 4 is 0 Å². The van der Waals surface area contributed by atoms with Crippen LogP contribution in [0.4, 0.5) is 4.39 Å². The molecule has 0 amide bonds. The summed E-state index contributed by atoms with van der Waals surface area (Å²) in [5.41, 5.74) is 3.44. The van der Waals surface area contributed by atoms with E-state index in [1.807, 2.05) is 0 Å². The molecular formula is C9H11FN2O. The fourth-order valence-corrected chi connectivity index (χ4v) is 1.54. The highest BCUT2D eigenvalue weighted by Gasteiger charge is 2.20. The van der Waals surface area contributed by atoms with E-state index in [1.165, 1.54) is 12.1 Å². The van der Waals surface area contributed by atoms with E-state index in [2.05, 4.69) is 5.43 Å². The Kier molecular flexibility index (Phi) is 2.16. The van der Waals surface area contributed by atoms with Crippen LogP contribution in [-0.2, 0) is 0 Å². The molecule has 0 saturated carbocycles. The molecule has 0 unspecified atom stereocenters. The van der Waals surface area contributed by atoms with E-state index >= 15 is 0 Å². The number of halogens is 1. The van der Waals surface area contributed by atoms with E-state index < -0.39 is 0 Å². The predicted molar refractivity (Wildman–Crippen MR) is 46.6 cm³/mol. The van der Waals surface area contributed by atoms with E-state index in [4.69, 9.17) is 10.6 Å². The third-order valence-corrected chi connectivity index (χ3v) is 2.21. The summed E-state index contributed by atoms with van der Waals surface area (Å²) in [6, 6.07) is 4.48. The minimum Gasteiger partial charge on any atom is -0.493 e. The lowest BCUT2D eigenvalue weighted by atomic mass is 10.0. The summed E-state index contributed by atoms with van der Waals surface area (Å²) >= 11 is 0. The molecule has 1 heterocycles. The van der Waals surface area contributed by atoms with Gasteiger partial charge < -0.3 is 4.74 Å². The summed E-state index contributed by atoms with van der Waals surface area (Å²) in [7, 11) is 0. The average molecular weight is 182 g/mol. The van der Waals surface area contributed by atoms with Crippen LogP contribution in [0.1, 0.15) is 18.0 Å². The van der Waals surface area contributed by atoms with E-state index in [-0.39, 0.29) is 11.9 Å². The molecule has 4 heteroatoms. The SMILES string of the molecule is NN[C@@H]1CCOc2ccc(F)cc21. The number of hydrogen-bond donors (Lipinski definition) is 2. The van der Waals surface area contributed by atoms with Crippen LogP contribution in [0, 0.1) is 5.82 Å². The lowest BCUT2D eigenvalue weighted by Gasteiger charge is -2.24. The average Bonchev–Trinajstić information content (AvgIpc) is 2.17. The van der Waals surface area contributed by atoms with Gasteiger partial charge in [-0.25, -0.2) is 4.39 Å². The summed E-state index contributed by atoms with van der Waals surface area (Å²) in [6.45, 7) is 0.619. The Bertz CT molecular complexity index is 316. The van der Waals surface area contributed by atoms with Gasteiger partial charge in [0.25, 0.3) is 0 Å². The molecular weight excluding hydrogens is 171 g/mol. The quantitative estimate of drug-likeness (QED) is 0.505. The molecule has 0 bridgehead atoms.